The van der Waals surface area contributed by atoms with Crippen LogP contribution in [0.15, 0.2) is 48.5 Å². The molecule has 34 heavy (non-hydrogen) atoms. The average Bonchev–Trinajstić information content (AvgIpc) is 2.79. The predicted octanol–water partition coefficient (Wildman–Crippen LogP) is 2.82. The Morgan fingerprint density at radius 1 is 1.06 bits per heavy atom. The second-order valence-electron chi connectivity index (χ2n) is 9.46. The summed E-state index contributed by atoms with van der Waals surface area (Å²) in [4.78, 5) is 41.0. The monoisotopic (exact) mass is 466 g/mol. The first kappa shape index (κ1) is 25.4. The van der Waals surface area contributed by atoms with Crippen LogP contribution in [0.3, 0.4) is 0 Å². The van der Waals surface area contributed by atoms with Gasteiger partial charge < -0.3 is 20.7 Å². The van der Waals surface area contributed by atoms with Gasteiger partial charge in [0.25, 0.3) is 0 Å². The lowest BCUT2D eigenvalue weighted by Crippen LogP contribution is -2.50. The number of nitrogens with one attached hydrogen (secondary N) is 1. The number of hydrogen-bond acceptors (Lipinski definition) is 6. The number of piperazine rings is 1. The predicted molar refractivity (Wildman–Crippen MR) is 133 cm³/mol. The lowest BCUT2D eigenvalue weighted by molar-refractivity contribution is -0.121. The van der Waals surface area contributed by atoms with Gasteiger partial charge >= 0.3 is 5.97 Å². The maximum atomic E-state index is 12.6. The standard InChI is InChI=1S/C26H34N4O4/c1-5-29-14-15-30(23(31)17-29)21-12-6-18(7-13-21)16-22(27)24(32)28-20-10-8-19(9-11-20)25(33)34-26(2,3)4/h6-13,22H,5,14-17,27H2,1-4H3,(H,28,32)/t22-/m0/s1. The maximum Gasteiger partial charge on any atom is 0.338 e. The van der Waals surface area contributed by atoms with E-state index in [2.05, 4.69) is 17.1 Å². The first-order chi connectivity index (χ1) is 16.1. The molecular formula is C26H34N4O4. The molecule has 182 valence electrons. The zero-order chi connectivity index (χ0) is 24.9. The number of carbonyl (C=O) groups excluding carboxylic acids is 3. The molecule has 1 atom stereocenters. The van der Waals surface area contributed by atoms with Crippen molar-refractivity contribution in [3.8, 4) is 0 Å². The number of benzene rings is 2. The molecule has 0 spiro atoms. The molecule has 1 heterocycles. The van der Waals surface area contributed by atoms with E-state index in [0.29, 0.717) is 30.8 Å². The fourth-order valence-corrected chi connectivity index (χ4v) is 3.69. The van der Waals surface area contributed by atoms with Gasteiger partial charge in [-0.1, -0.05) is 19.1 Å². The summed E-state index contributed by atoms with van der Waals surface area (Å²) in [6.45, 7) is 10.3. The normalized spacial score (nSPS) is 15.7. The third-order valence-electron chi connectivity index (χ3n) is 5.57. The minimum Gasteiger partial charge on any atom is -0.456 e. The van der Waals surface area contributed by atoms with Crippen molar-refractivity contribution in [2.75, 3.05) is 36.4 Å². The minimum atomic E-state index is -0.744. The van der Waals surface area contributed by atoms with Gasteiger partial charge in [-0.2, -0.15) is 0 Å². The van der Waals surface area contributed by atoms with Crippen LogP contribution in [0.4, 0.5) is 11.4 Å². The van der Waals surface area contributed by atoms with Gasteiger partial charge in [0.1, 0.15) is 5.60 Å². The number of likely N-dealkylation sites (N-methyl/N-ethyl adjacent to an activating group) is 1. The molecule has 0 aromatic heterocycles. The van der Waals surface area contributed by atoms with E-state index < -0.39 is 17.6 Å². The molecule has 0 saturated carbocycles. The molecule has 0 bridgehead atoms. The van der Waals surface area contributed by atoms with Crippen molar-refractivity contribution in [1.82, 2.24) is 4.90 Å². The number of ether oxygens (including phenoxy) is 1. The Morgan fingerprint density at radius 2 is 1.71 bits per heavy atom. The molecule has 1 aliphatic rings. The number of nitrogens with zero attached hydrogens (tertiary/aromatic N) is 2. The van der Waals surface area contributed by atoms with Gasteiger partial charge in [-0.3, -0.25) is 14.5 Å². The van der Waals surface area contributed by atoms with Crippen molar-refractivity contribution in [3.05, 3.63) is 59.7 Å². The summed E-state index contributed by atoms with van der Waals surface area (Å²) in [5.74, 6) is -0.644. The van der Waals surface area contributed by atoms with Crippen LogP contribution in [0.2, 0.25) is 0 Å². The van der Waals surface area contributed by atoms with E-state index in [1.54, 1.807) is 29.2 Å². The third kappa shape index (κ3) is 6.88. The highest BCUT2D eigenvalue weighted by Gasteiger charge is 2.24. The molecule has 3 rings (SSSR count). The topological polar surface area (TPSA) is 105 Å². The first-order valence-electron chi connectivity index (χ1n) is 11.6. The minimum absolute atomic E-state index is 0.0922. The summed E-state index contributed by atoms with van der Waals surface area (Å²) < 4.78 is 5.34. The van der Waals surface area contributed by atoms with E-state index in [0.717, 1.165) is 24.3 Å². The zero-order valence-corrected chi connectivity index (χ0v) is 20.3. The summed E-state index contributed by atoms with van der Waals surface area (Å²) in [5, 5.41) is 2.78. The summed E-state index contributed by atoms with van der Waals surface area (Å²) in [7, 11) is 0. The van der Waals surface area contributed by atoms with Crippen LogP contribution in [0, 0.1) is 0 Å². The van der Waals surface area contributed by atoms with Gasteiger partial charge in [0.2, 0.25) is 11.8 Å². The van der Waals surface area contributed by atoms with E-state index in [1.165, 1.54) is 0 Å². The second kappa shape index (κ2) is 10.8. The van der Waals surface area contributed by atoms with Crippen LogP contribution in [0.5, 0.6) is 0 Å². The molecule has 2 aromatic rings. The second-order valence-corrected chi connectivity index (χ2v) is 9.46. The first-order valence-corrected chi connectivity index (χ1v) is 11.6. The zero-order valence-electron chi connectivity index (χ0n) is 20.3. The van der Waals surface area contributed by atoms with Crippen LogP contribution in [-0.4, -0.2) is 60.5 Å². The number of esters is 1. The average molecular weight is 467 g/mol. The van der Waals surface area contributed by atoms with Gasteiger partial charge in [-0.15, -0.1) is 0 Å². The van der Waals surface area contributed by atoms with Gasteiger partial charge in [0.05, 0.1) is 18.2 Å². The van der Waals surface area contributed by atoms with Crippen molar-refractivity contribution in [2.24, 2.45) is 5.73 Å². The molecule has 8 heteroatoms. The third-order valence-corrected chi connectivity index (χ3v) is 5.57. The number of carbonyl (C=O) groups is 3. The Bertz CT molecular complexity index is 1010. The van der Waals surface area contributed by atoms with Crippen molar-refractivity contribution >= 4 is 29.2 Å². The molecule has 0 radical (unpaired) electrons. The summed E-state index contributed by atoms with van der Waals surface area (Å²) in [6, 6.07) is 13.4. The molecule has 8 nitrogen and oxygen atoms in total. The summed E-state index contributed by atoms with van der Waals surface area (Å²) >= 11 is 0. The highest BCUT2D eigenvalue weighted by atomic mass is 16.6. The van der Waals surface area contributed by atoms with E-state index in [1.807, 2.05) is 45.0 Å². The largest absolute Gasteiger partial charge is 0.456 e. The number of anilines is 2. The Balaban J connectivity index is 1.53. The van der Waals surface area contributed by atoms with Crippen molar-refractivity contribution in [2.45, 2.75) is 45.8 Å². The van der Waals surface area contributed by atoms with E-state index in [9.17, 15) is 14.4 Å². The Kier molecular flexibility index (Phi) is 8.06. The summed E-state index contributed by atoms with van der Waals surface area (Å²) in [6.07, 6.45) is 0.361. The van der Waals surface area contributed by atoms with Crippen LogP contribution in [0.1, 0.15) is 43.6 Å². The number of hydrogen-bond donors (Lipinski definition) is 2. The molecule has 1 saturated heterocycles. The SMILES string of the molecule is CCN1CCN(c2ccc(C[C@H](N)C(=O)Nc3ccc(C(=O)OC(C)(C)C)cc3)cc2)C(=O)C1. The maximum absolute atomic E-state index is 12.6. The number of rotatable bonds is 7. The molecule has 2 aromatic carbocycles. The molecular weight excluding hydrogens is 432 g/mol. The van der Waals surface area contributed by atoms with Gasteiger partial charge in [0, 0.05) is 24.5 Å². The van der Waals surface area contributed by atoms with Crippen molar-refractivity contribution in [1.29, 1.82) is 0 Å². The van der Waals surface area contributed by atoms with Crippen LogP contribution in [0.25, 0.3) is 0 Å². The fourth-order valence-electron chi connectivity index (χ4n) is 3.69. The van der Waals surface area contributed by atoms with E-state index in [-0.39, 0.29) is 11.8 Å². The lowest BCUT2D eigenvalue weighted by atomic mass is 10.0. The van der Waals surface area contributed by atoms with Crippen molar-refractivity contribution < 1.29 is 19.1 Å². The van der Waals surface area contributed by atoms with Gasteiger partial charge in [0.15, 0.2) is 0 Å². The quantitative estimate of drug-likeness (QED) is 0.608. The van der Waals surface area contributed by atoms with Crippen molar-refractivity contribution in [3.63, 3.8) is 0 Å². The molecule has 3 N–H and O–H groups in total. The fraction of sp³-hybridized carbons (Fsp3) is 0.423. The van der Waals surface area contributed by atoms with E-state index >= 15 is 0 Å². The molecule has 2 amide bonds. The number of amides is 2. The van der Waals surface area contributed by atoms with Gasteiger partial charge in [-0.05, 0) is 75.7 Å². The van der Waals surface area contributed by atoms with Crippen LogP contribution >= 0.6 is 0 Å². The van der Waals surface area contributed by atoms with Gasteiger partial charge in [-0.25, -0.2) is 4.79 Å². The molecule has 0 aliphatic carbocycles. The summed E-state index contributed by atoms with van der Waals surface area (Å²) in [5.41, 5.74) is 8.27. The Labute approximate surface area is 201 Å². The van der Waals surface area contributed by atoms with E-state index in [4.69, 9.17) is 10.5 Å². The smallest absolute Gasteiger partial charge is 0.338 e. The highest BCUT2D eigenvalue weighted by Crippen LogP contribution is 2.19. The molecule has 1 aliphatic heterocycles. The Morgan fingerprint density at radius 3 is 2.26 bits per heavy atom. The number of nitrogens with two attached hydrogens (primary N) is 1. The highest BCUT2D eigenvalue weighted by molar-refractivity contribution is 5.96. The Hall–Kier alpha value is -3.23. The lowest BCUT2D eigenvalue weighted by Gasteiger charge is -2.33. The van der Waals surface area contributed by atoms with Crippen LogP contribution in [-0.2, 0) is 20.7 Å². The molecule has 0 unspecified atom stereocenters. The van der Waals surface area contributed by atoms with Crippen LogP contribution < -0.4 is 16.0 Å². The molecule has 1 fully saturated rings.